The van der Waals surface area contributed by atoms with Crippen LogP contribution in [0.15, 0.2) is 22.2 Å². The van der Waals surface area contributed by atoms with Crippen LogP contribution in [0, 0.1) is 0 Å². The zero-order chi connectivity index (χ0) is 5.86. The van der Waals surface area contributed by atoms with E-state index in [-0.39, 0.29) is 0 Å². The van der Waals surface area contributed by atoms with Gasteiger partial charge in [-0.1, -0.05) is 18.2 Å². The van der Waals surface area contributed by atoms with Crippen molar-refractivity contribution in [3.63, 3.8) is 0 Å². The van der Waals surface area contributed by atoms with Crippen LogP contribution in [-0.4, -0.2) is 0 Å². The van der Waals surface area contributed by atoms with E-state index in [4.69, 9.17) is 11.6 Å². The van der Waals surface area contributed by atoms with Crippen LogP contribution in [0.1, 0.15) is 6.92 Å². The molecular formula is C5H6BrCl. The largest absolute Gasteiger partial charge is 0.0950 e. The van der Waals surface area contributed by atoms with Gasteiger partial charge in [-0.05, 0) is 28.4 Å². The molecule has 0 saturated carbocycles. The molecule has 0 rings (SSSR count). The summed E-state index contributed by atoms with van der Waals surface area (Å²) in [6.45, 7) is 5.50. The van der Waals surface area contributed by atoms with Gasteiger partial charge >= 0.3 is 0 Å². The van der Waals surface area contributed by atoms with E-state index in [1.165, 1.54) is 5.54 Å². The van der Waals surface area contributed by atoms with Crippen molar-refractivity contribution in [2.45, 2.75) is 6.92 Å². The highest BCUT2D eigenvalue weighted by Crippen LogP contribution is 2.14. The third kappa shape index (κ3) is 2.89. The molecule has 0 N–H and O–H groups in total. The topological polar surface area (TPSA) is 0 Å². The Labute approximate surface area is 57.0 Å². The number of allylic oxidation sites excluding steroid dienone is 2. The molecule has 0 amide bonds. The third-order valence-corrected chi connectivity index (χ3v) is 1.89. The Bertz CT molecular complexity index is 105. The Hall–Kier alpha value is 0.250. The van der Waals surface area contributed by atoms with Crippen LogP contribution in [0.3, 0.4) is 0 Å². The molecule has 0 spiro atoms. The summed E-state index contributed by atoms with van der Waals surface area (Å²) in [7, 11) is 0. The smallest absolute Gasteiger partial charge is 0.0311 e. The molecule has 0 bridgehead atoms. The Morgan fingerprint density at radius 1 is 1.86 bits per heavy atom. The molecule has 0 saturated heterocycles. The van der Waals surface area contributed by atoms with Crippen molar-refractivity contribution in [2.24, 2.45) is 0 Å². The summed E-state index contributed by atoms with van der Waals surface area (Å²) in [5, 5.41) is 0. The van der Waals surface area contributed by atoms with E-state index in [0.29, 0.717) is 0 Å². The highest BCUT2D eigenvalue weighted by atomic mass is 79.9. The summed E-state index contributed by atoms with van der Waals surface area (Å²) in [4.78, 5) is 0. The zero-order valence-electron chi connectivity index (χ0n) is 4.04. The maximum Gasteiger partial charge on any atom is 0.0311 e. The lowest BCUT2D eigenvalue weighted by molar-refractivity contribution is 1.55. The normalized spacial score (nSPS) is 11.6. The van der Waals surface area contributed by atoms with Gasteiger partial charge in [0.05, 0.1) is 0 Å². The molecule has 0 radical (unpaired) electrons. The standard InChI is InChI=1S/C5H6BrCl/c1-4(2)5(6)3-7/h3H,1H2,2H3/b5-3-. The molecule has 0 unspecified atom stereocenters. The summed E-state index contributed by atoms with van der Waals surface area (Å²) in [5.74, 6) is 0. The molecule has 0 nitrogen and oxygen atoms in total. The van der Waals surface area contributed by atoms with Gasteiger partial charge in [0.15, 0.2) is 0 Å². The van der Waals surface area contributed by atoms with E-state index < -0.39 is 0 Å². The van der Waals surface area contributed by atoms with Gasteiger partial charge in [-0.3, -0.25) is 0 Å². The van der Waals surface area contributed by atoms with E-state index in [1.54, 1.807) is 0 Å². The van der Waals surface area contributed by atoms with Gasteiger partial charge in [-0.15, -0.1) is 0 Å². The van der Waals surface area contributed by atoms with Crippen molar-refractivity contribution in [3.05, 3.63) is 22.2 Å². The molecule has 0 atom stereocenters. The fourth-order valence-corrected chi connectivity index (χ4v) is 0.279. The van der Waals surface area contributed by atoms with Crippen LogP contribution >= 0.6 is 27.5 Å². The predicted molar refractivity (Wildman–Crippen MR) is 37.7 cm³/mol. The lowest BCUT2D eigenvalue weighted by atomic mass is 10.4. The van der Waals surface area contributed by atoms with Gasteiger partial charge < -0.3 is 0 Å². The second-order valence-corrected chi connectivity index (χ2v) is 2.31. The number of hydrogen-bond donors (Lipinski definition) is 0. The average Bonchev–Trinajstić information content (AvgIpc) is 1.65. The quantitative estimate of drug-likeness (QED) is 0.546. The summed E-state index contributed by atoms with van der Waals surface area (Å²) in [5.41, 5.74) is 2.39. The van der Waals surface area contributed by atoms with Crippen LogP contribution in [-0.2, 0) is 0 Å². The minimum atomic E-state index is 0.856. The second kappa shape index (κ2) is 3.28. The third-order valence-electron chi connectivity index (χ3n) is 0.503. The summed E-state index contributed by atoms with van der Waals surface area (Å²) in [6.07, 6.45) is 0. The van der Waals surface area contributed by atoms with E-state index >= 15 is 0 Å². The van der Waals surface area contributed by atoms with E-state index in [2.05, 4.69) is 22.5 Å². The van der Waals surface area contributed by atoms with Crippen molar-refractivity contribution < 1.29 is 0 Å². The highest BCUT2D eigenvalue weighted by molar-refractivity contribution is 9.12. The van der Waals surface area contributed by atoms with Crippen molar-refractivity contribution in [2.75, 3.05) is 0 Å². The van der Waals surface area contributed by atoms with Crippen molar-refractivity contribution >= 4 is 27.5 Å². The van der Waals surface area contributed by atoms with Crippen molar-refractivity contribution in [1.29, 1.82) is 0 Å². The molecule has 40 valence electrons. The van der Waals surface area contributed by atoms with Crippen molar-refractivity contribution in [3.8, 4) is 0 Å². The molecule has 7 heavy (non-hydrogen) atoms. The summed E-state index contributed by atoms with van der Waals surface area (Å²) < 4.78 is 0.856. The van der Waals surface area contributed by atoms with Gasteiger partial charge in [0.1, 0.15) is 0 Å². The molecule has 0 heterocycles. The fraction of sp³-hybridized carbons (Fsp3) is 0.200. The van der Waals surface area contributed by atoms with Gasteiger partial charge in [0, 0.05) is 10.0 Å². The van der Waals surface area contributed by atoms with E-state index in [1.807, 2.05) is 6.92 Å². The number of hydrogen-bond acceptors (Lipinski definition) is 0. The maximum absolute atomic E-state index is 5.28. The first kappa shape index (κ1) is 7.25. The van der Waals surface area contributed by atoms with E-state index in [0.717, 1.165) is 10.1 Å². The van der Waals surface area contributed by atoms with Crippen LogP contribution in [0.4, 0.5) is 0 Å². The molecular weight excluding hydrogens is 175 g/mol. The van der Waals surface area contributed by atoms with Gasteiger partial charge in [0.2, 0.25) is 0 Å². The fourth-order valence-electron chi connectivity index (χ4n) is 0.0931. The van der Waals surface area contributed by atoms with Gasteiger partial charge in [-0.2, -0.15) is 0 Å². The molecule has 0 aromatic carbocycles. The number of rotatable bonds is 1. The molecule has 0 aromatic rings. The maximum atomic E-state index is 5.28. The molecule has 0 aromatic heterocycles. The zero-order valence-corrected chi connectivity index (χ0v) is 6.38. The lowest BCUT2D eigenvalue weighted by Crippen LogP contribution is -1.65. The molecule has 0 aliphatic rings. The number of halogens is 2. The second-order valence-electron chi connectivity index (χ2n) is 1.24. The van der Waals surface area contributed by atoms with Crippen molar-refractivity contribution in [1.82, 2.24) is 0 Å². The highest BCUT2D eigenvalue weighted by Gasteiger charge is 1.85. The van der Waals surface area contributed by atoms with Crippen LogP contribution < -0.4 is 0 Å². The Balaban J connectivity index is 3.82. The Morgan fingerprint density at radius 3 is 2.29 bits per heavy atom. The Kier molecular flexibility index (Phi) is 3.39. The summed E-state index contributed by atoms with van der Waals surface area (Å²) in [6, 6.07) is 0. The molecule has 0 fully saturated rings. The molecule has 0 aliphatic carbocycles. The van der Waals surface area contributed by atoms with Crippen LogP contribution in [0.25, 0.3) is 0 Å². The molecule has 2 heteroatoms. The minimum Gasteiger partial charge on any atom is -0.0950 e. The van der Waals surface area contributed by atoms with Crippen LogP contribution in [0.5, 0.6) is 0 Å². The first-order chi connectivity index (χ1) is 3.18. The SMILES string of the molecule is C=C(C)/C(Br)=C/Cl. The Morgan fingerprint density at radius 2 is 2.29 bits per heavy atom. The predicted octanol–water partition coefficient (Wildman–Crippen LogP) is 3.04. The summed E-state index contributed by atoms with van der Waals surface area (Å²) >= 11 is 8.45. The first-order valence-corrected chi connectivity index (χ1v) is 3.03. The van der Waals surface area contributed by atoms with Gasteiger partial charge in [0.25, 0.3) is 0 Å². The van der Waals surface area contributed by atoms with E-state index in [9.17, 15) is 0 Å². The monoisotopic (exact) mass is 180 g/mol. The first-order valence-electron chi connectivity index (χ1n) is 1.80. The lowest BCUT2D eigenvalue weighted by Gasteiger charge is -1.88. The van der Waals surface area contributed by atoms with Crippen LogP contribution in [0.2, 0.25) is 0 Å². The van der Waals surface area contributed by atoms with Gasteiger partial charge in [-0.25, -0.2) is 0 Å². The molecule has 0 aliphatic heterocycles. The average molecular weight is 181 g/mol. The minimum absolute atomic E-state index is 0.856.